The monoisotopic (exact) mass is 301 g/mol. The van der Waals surface area contributed by atoms with Gasteiger partial charge in [0.2, 0.25) is 0 Å². The molecule has 22 heavy (non-hydrogen) atoms. The molecule has 0 fully saturated rings. The maximum absolute atomic E-state index is 5.31. The number of nitrogens with one attached hydrogen (secondary N) is 1. The van der Waals surface area contributed by atoms with Crippen LogP contribution >= 0.6 is 0 Å². The van der Waals surface area contributed by atoms with Crippen LogP contribution in [0.3, 0.4) is 0 Å². The van der Waals surface area contributed by atoms with E-state index < -0.39 is 0 Å². The Labute approximate surface area is 131 Å². The number of ether oxygens (including phenoxy) is 1. The summed E-state index contributed by atoms with van der Waals surface area (Å²) >= 11 is 0. The first kappa shape index (κ1) is 16.3. The molecule has 0 heterocycles. The zero-order valence-electron chi connectivity index (χ0n) is 13.4. The fourth-order valence-corrected chi connectivity index (χ4v) is 2.28. The molecule has 2 aromatic rings. The van der Waals surface area contributed by atoms with Gasteiger partial charge in [0.15, 0.2) is 0 Å². The summed E-state index contributed by atoms with van der Waals surface area (Å²) in [6.07, 6.45) is 1.01. The molecule has 0 unspecified atom stereocenters. The van der Waals surface area contributed by atoms with Gasteiger partial charge in [0.05, 0.1) is 14.2 Å². The zero-order valence-corrected chi connectivity index (χ0v) is 13.4. The summed E-state index contributed by atoms with van der Waals surface area (Å²) in [5.74, 6) is 0.890. The molecule has 0 radical (unpaired) electrons. The van der Waals surface area contributed by atoms with Crippen molar-refractivity contribution in [3.8, 4) is 5.75 Å². The van der Waals surface area contributed by atoms with Gasteiger partial charge < -0.3 is 10.1 Å². The van der Waals surface area contributed by atoms with Crippen LogP contribution < -0.4 is 10.1 Å². The van der Waals surface area contributed by atoms with Gasteiger partial charge in [-0.05, 0) is 47.4 Å². The lowest BCUT2D eigenvalue weighted by Crippen LogP contribution is -2.03. The summed E-state index contributed by atoms with van der Waals surface area (Å²) in [5.41, 5.74) is 4.74. The molecule has 0 aromatic heterocycles. The highest BCUT2D eigenvalue weighted by Gasteiger charge is 2.03. The van der Waals surface area contributed by atoms with E-state index in [2.05, 4.69) is 29.3 Å². The predicted octanol–water partition coefficient (Wildman–Crippen LogP) is 3.95. The number of hydrogen-bond donors (Lipinski definition) is 1. The highest BCUT2D eigenvalue weighted by Crippen LogP contribution is 2.20. The zero-order chi connectivity index (χ0) is 15.8. The molecule has 2 aromatic carbocycles. The Morgan fingerprint density at radius 3 is 2.36 bits per heavy atom. The normalized spacial score (nSPS) is 10.5. The molecule has 0 aliphatic rings. The van der Waals surface area contributed by atoms with Crippen LogP contribution in [-0.2, 0) is 29.3 Å². The lowest BCUT2D eigenvalue weighted by molar-refractivity contribution is -0.282. The molecule has 0 atom stereocenters. The predicted molar refractivity (Wildman–Crippen MR) is 87.9 cm³/mol. The second kappa shape index (κ2) is 8.41. The molecule has 0 bridgehead atoms. The Morgan fingerprint density at radius 1 is 0.955 bits per heavy atom. The Hall–Kier alpha value is -2.04. The molecule has 0 saturated carbocycles. The molecule has 0 aliphatic heterocycles. The van der Waals surface area contributed by atoms with E-state index in [-0.39, 0.29) is 0 Å². The van der Waals surface area contributed by atoms with Gasteiger partial charge in [-0.1, -0.05) is 25.1 Å². The first-order chi connectivity index (χ1) is 10.8. The van der Waals surface area contributed by atoms with Crippen molar-refractivity contribution in [3.63, 3.8) is 0 Å². The van der Waals surface area contributed by atoms with Gasteiger partial charge in [0, 0.05) is 12.2 Å². The van der Waals surface area contributed by atoms with Gasteiger partial charge in [0.1, 0.15) is 12.4 Å². The molecular formula is C18H23NO3. The third-order valence-corrected chi connectivity index (χ3v) is 3.57. The maximum atomic E-state index is 5.31. The lowest BCUT2D eigenvalue weighted by atomic mass is 10.0. The highest BCUT2D eigenvalue weighted by atomic mass is 17.2. The largest absolute Gasteiger partial charge is 0.497 e. The molecule has 0 spiro atoms. The third kappa shape index (κ3) is 4.48. The quantitative estimate of drug-likeness (QED) is 0.592. The minimum atomic E-state index is 0.451. The van der Waals surface area contributed by atoms with Crippen molar-refractivity contribution < 1.29 is 14.5 Å². The van der Waals surface area contributed by atoms with Crippen molar-refractivity contribution >= 4 is 5.69 Å². The minimum Gasteiger partial charge on any atom is -0.497 e. The first-order valence-electron chi connectivity index (χ1n) is 7.41. The minimum absolute atomic E-state index is 0.451. The fourth-order valence-electron chi connectivity index (χ4n) is 2.28. The Morgan fingerprint density at radius 2 is 1.73 bits per heavy atom. The van der Waals surface area contributed by atoms with Gasteiger partial charge in [-0.3, -0.25) is 0 Å². The van der Waals surface area contributed by atoms with Crippen LogP contribution in [0.1, 0.15) is 23.6 Å². The summed E-state index contributed by atoms with van der Waals surface area (Å²) in [6, 6.07) is 14.3. The molecule has 4 heteroatoms. The molecule has 2 rings (SSSR count). The van der Waals surface area contributed by atoms with Gasteiger partial charge in [0.25, 0.3) is 0 Å². The van der Waals surface area contributed by atoms with E-state index in [1.54, 1.807) is 7.11 Å². The van der Waals surface area contributed by atoms with Gasteiger partial charge in [-0.2, -0.15) is 0 Å². The first-order valence-corrected chi connectivity index (χ1v) is 7.41. The summed E-state index contributed by atoms with van der Waals surface area (Å²) in [5, 5.41) is 3.44. The molecule has 0 aliphatic carbocycles. The Balaban J connectivity index is 2.00. The number of anilines is 1. The van der Waals surface area contributed by atoms with E-state index in [0.29, 0.717) is 6.61 Å². The number of rotatable bonds is 8. The van der Waals surface area contributed by atoms with Crippen LogP contribution in [0.25, 0.3) is 0 Å². The second-order valence-electron chi connectivity index (χ2n) is 4.97. The molecule has 0 saturated heterocycles. The van der Waals surface area contributed by atoms with E-state index in [1.165, 1.54) is 18.2 Å². The van der Waals surface area contributed by atoms with E-state index in [9.17, 15) is 0 Å². The van der Waals surface area contributed by atoms with Gasteiger partial charge in [-0.25, -0.2) is 9.78 Å². The summed E-state index contributed by atoms with van der Waals surface area (Å²) in [7, 11) is 3.20. The average Bonchev–Trinajstić information content (AvgIpc) is 2.58. The summed E-state index contributed by atoms with van der Waals surface area (Å²) < 4.78 is 5.31. The SMILES string of the molecule is CCc1ccc(OC)cc1CNc1ccc(COOC)cc1. The van der Waals surface area contributed by atoms with Crippen molar-refractivity contribution in [1.29, 1.82) is 0 Å². The van der Waals surface area contributed by atoms with E-state index in [1.807, 2.05) is 30.3 Å². The van der Waals surface area contributed by atoms with Crippen LogP contribution in [0.15, 0.2) is 42.5 Å². The van der Waals surface area contributed by atoms with E-state index in [4.69, 9.17) is 9.62 Å². The summed E-state index contributed by atoms with van der Waals surface area (Å²) in [4.78, 5) is 9.51. The standard InChI is InChI=1S/C18H23NO3/c1-4-15-7-10-18(20-2)11-16(15)12-19-17-8-5-14(6-9-17)13-22-21-3/h5-11,19H,4,12-13H2,1-3H3. The van der Waals surface area contributed by atoms with E-state index >= 15 is 0 Å². The van der Waals surface area contributed by atoms with Crippen molar-refractivity contribution in [2.45, 2.75) is 26.5 Å². The van der Waals surface area contributed by atoms with Crippen LogP contribution in [-0.4, -0.2) is 14.2 Å². The second-order valence-corrected chi connectivity index (χ2v) is 4.97. The number of benzene rings is 2. The maximum Gasteiger partial charge on any atom is 0.119 e. The van der Waals surface area contributed by atoms with Crippen molar-refractivity contribution in [3.05, 3.63) is 59.2 Å². The highest BCUT2D eigenvalue weighted by molar-refractivity contribution is 5.46. The molecule has 1 N–H and O–H groups in total. The van der Waals surface area contributed by atoms with Crippen LogP contribution in [0.5, 0.6) is 5.75 Å². The van der Waals surface area contributed by atoms with Crippen LogP contribution in [0.4, 0.5) is 5.69 Å². The molecule has 0 amide bonds. The summed E-state index contributed by atoms with van der Waals surface area (Å²) in [6.45, 7) is 3.39. The van der Waals surface area contributed by atoms with Crippen molar-refractivity contribution in [1.82, 2.24) is 0 Å². The Bertz CT molecular complexity index is 581. The van der Waals surface area contributed by atoms with Gasteiger partial charge in [-0.15, -0.1) is 0 Å². The number of hydrogen-bond acceptors (Lipinski definition) is 4. The van der Waals surface area contributed by atoms with Crippen LogP contribution in [0, 0.1) is 0 Å². The number of methoxy groups -OCH3 is 1. The Kier molecular flexibility index (Phi) is 6.25. The molecular weight excluding hydrogens is 278 g/mol. The fraction of sp³-hybridized carbons (Fsp3) is 0.333. The topological polar surface area (TPSA) is 39.7 Å². The molecule has 118 valence electrons. The van der Waals surface area contributed by atoms with Crippen molar-refractivity contribution in [2.24, 2.45) is 0 Å². The number of aryl methyl sites for hydroxylation is 1. The van der Waals surface area contributed by atoms with Gasteiger partial charge >= 0.3 is 0 Å². The van der Waals surface area contributed by atoms with Crippen molar-refractivity contribution in [2.75, 3.05) is 19.5 Å². The lowest BCUT2D eigenvalue weighted by Gasteiger charge is -2.12. The smallest absolute Gasteiger partial charge is 0.119 e. The molecule has 4 nitrogen and oxygen atoms in total. The third-order valence-electron chi connectivity index (χ3n) is 3.57. The van der Waals surface area contributed by atoms with E-state index in [0.717, 1.165) is 30.0 Å². The van der Waals surface area contributed by atoms with Crippen LogP contribution in [0.2, 0.25) is 0 Å². The average molecular weight is 301 g/mol.